The molecule has 68 valence electrons. The van der Waals surface area contributed by atoms with Crippen LogP contribution < -0.4 is 0 Å². The summed E-state index contributed by atoms with van der Waals surface area (Å²) in [5, 5.41) is 8.40. The van der Waals surface area contributed by atoms with E-state index in [4.69, 9.17) is 5.11 Å². The van der Waals surface area contributed by atoms with E-state index in [-0.39, 0.29) is 6.61 Å². The van der Waals surface area contributed by atoms with E-state index in [9.17, 15) is 0 Å². The Hall–Kier alpha value is -0.820. The van der Waals surface area contributed by atoms with Gasteiger partial charge in [-0.05, 0) is 6.42 Å². The Labute approximate surface area is 75.1 Å². The maximum Gasteiger partial charge on any atom is 0.0615 e. The van der Waals surface area contributed by atoms with E-state index in [2.05, 4.69) is 13.0 Å². The summed E-state index contributed by atoms with van der Waals surface area (Å²) < 4.78 is 0. The van der Waals surface area contributed by atoms with Crippen molar-refractivity contribution in [1.29, 1.82) is 0 Å². The molecule has 0 aliphatic rings. The SMILES string of the molecule is CCCCC=CC=C/C=C/CO. The van der Waals surface area contributed by atoms with Gasteiger partial charge in [0.05, 0.1) is 6.61 Å². The molecule has 12 heavy (non-hydrogen) atoms. The van der Waals surface area contributed by atoms with Gasteiger partial charge in [0.2, 0.25) is 0 Å². The molecule has 0 bridgehead atoms. The molecule has 0 aromatic carbocycles. The van der Waals surface area contributed by atoms with Gasteiger partial charge >= 0.3 is 0 Å². The smallest absolute Gasteiger partial charge is 0.0615 e. The second kappa shape index (κ2) is 10.2. The molecular formula is C11H18O. The lowest BCUT2D eigenvalue weighted by atomic mass is 10.2. The Bertz CT molecular complexity index is 154. The molecule has 0 saturated carbocycles. The minimum atomic E-state index is 0.115. The van der Waals surface area contributed by atoms with Gasteiger partial charge < -0.3 is 5.11 Å². The molecule has 1 N–H and O–H groups in total. The molecule has 0 aromatic heterocycles. The van der Waals surface area contributed by atoms with Crippen LogP contribution >= 0.6 is 0 Å². The van der Waals surface area contributed by atoms with Crippen molar-refractivity contribution in [3.8, 4) is 0 Å². The molecule has 0 aliphatic carbocycles. The molecule has 0 spiro atoms. The van der Waals surface area contributed by atoms with Gasteiger partial charge in [0.25, 0.3) is 0 Å². The number of hydrogen-bond donors (Lipinski definition) is 1. The van der Waals surface area contributed by atoms with Crippen molar-refractivity contribution in [3.63, 3.8) is 0 Å². The Morgan fingerprint density at radius 1 is 1.00 bits per heavy atom. The van der Waals surface area contributed by atoms with Crippen molar-refractivity contribution in [1.82, 2.24) is 0 Å². The zero-order valence-corrected chi connectivity index (χ0v) is 7.74. The summed E-state index contributed by atoms with van der Waals surface area (Å²) in [5.74, 6) is 0. The molecule has 0 fully saturated rings. The number of unbranched alkanes of at least 4 members (excludes halogenated alkanes) is 2. The molecule has 0 rings (SSSR count). The molecule has 0 amide bonds. The summed E-state index contributed by atoms with van der Waals surface area (Å²) in [6.45, 7) is 2.30. The third kappa shape index (κ3) is 9.18. The van der Waals surface area contributed by atoms with Crippen molar-refractivity contribution in [2.24, 2.45) is 0 Å². The molecule has 0 unspecified atom stereocenters. The maximum absolute atomic E-state index is 8.40. The van der Waals surface area contributed by atoms with E-state index in [1.165, 1.54) is 12.8 Å². The first kappa shape index (κ1) is 11.2. The Morgan fingerprint density at radius 3 is 2.25 bits per heavy atom. The van der Waals surface area contributed by atoms with Crippen LogP contribution in [-0.2, 0) is 0 Å². The highest BCUT2D eigenvalue weighted by atomic mass is 16.2. The number of hydrogen-bond acceptors (Lipinski definition) is 1. The predicted octanol–water partition coefficient (Wildman–Crippen LogP) is 2.84. The highest BCUT2D eigenvalue weighted by Gasteiger charge is 1.74. The monoisotopic (exact) mass is 166 g/mol. The highest BCUT2D eigenvalue weighted by molar-refractivity contribution is 5.10. The molecule has 0 atom stereocenters. The summed E-state index contributed by atoms with van der Waals surface area (Å²) in [6.07, 6.45) is 15.3. The third-order valence-electron chi connectivity index (χ3n) is 1.44. The molecule has 1 heteroatoms. The maximum atomic E-state index is 8.40. The third-order valence-corrected chi connectivity index (χ3v) is 1.44. The lowest BCUT2D eigenvalue weighted by Gasteiger charge is -1.85. The predicted molar refractivity (Wildman–Crippen MR) is 54.0 cm³/mol. The summed E-state index contributed by atoms with van der Waals surface area (Å²) in [6, 6.07) is 0. The molecule has 0 aromatic rings. The van der Waals surface area contributed by atoms with Crippen LogP contribution in [0, 0.1) is 0 Å². The van der Waals surface area contributed by atoms with Gasteiger partial charge in [-0.2, -0.15) is 0 Å². The Balaban J connectivity index is 3.32. The van der Waals surface area contributed by atoms with Gasteiger partial charge in [0, 0.05) is 0 Å². The average molecular weight is 166 g/mol. The fourth-order valence-corrected chi connectivity index (χ4v) is 0.764. The fourth-order valence-electron chi connectivity index (χ4n) is 0.764. The standard InChI is InChI=1S/C11H18O/c1-2-3-4-5-6-7-8-9-10-11-12/h5-10,12H,2-4,11H2,1H3/b6-5?,8-7?,10-9+. The van der Waals surface area contributed by atoms with E-state index < -0.39 is 0 Å². The van der Waals surface area contributed by atoms with Gasteiger partial charge in [0.15, 0.2) is 0 Å². The van der Waals surface area contributed by atoms with Gasteiger partial charge in [-0.3, -0.25) is 0 Å². The normalized spacial score (nSPS) is 12.5. The minimum absolute atomic E-state index is 0.115. The van der Waals surface area contributed by atoms with E-state index in [0.717, 1.165) is 6.42 Å². The minimum Gasteiger partial charge on any atom is -0.392 e. The van der Waals surface area contributed by atoms with Crippen LogP contribution in [-0.4, -0.2) is 11.7 Å². The van der Waals surface area contributed by atoms with Crippen LogP contribution in [0.2, 0.25) is 0 Å². The summed E-state index contributed by atoms with van der Waals surface area (Å²) in [5.41, 5.74) is 0. The summed E-state index contributed by atoms with van der Waals surface area (Å²) >= 11 is 0. The van der Waals surface area contributed by atoms with Gasteiger partial charge in [-0.25, -0.2) is 0 Å². The van der Waals surface area contributed by atoms with Crippen molar-refractivity contribution in [2.75, 3.05) is 6.61 Å². The number of aliphatic hydroxyl groups excluding tert-OH is 1. The first-order valence-electron chi connectivity index (χ1n) is 4.51. The van der Waals surface area contributed by atoms with Crippen molar-refractivity contribution >= 4 is 0 Å². The molecule has 0 aliphatic heterocycles. The average Bonchev–Trinajstić information content (AvgIpc) is 2.10. The zero-order valence-electron chi connectivity index (χ0n) is 7.74. The van der Waals surface area contributed by atoms with E-state index in [1.807, 2.05) is 24.3 Å². The lowest BCUT2D eigenvalue weighted by Crippen LogP contribution is -1.67. The van der Waals surface area contributed by atoms with Gasteiger partial charge in [-0.1, -0.05) is 56.2 Å². The van der Waals surface area contributed by atoms with Gasteiger partial charge in [-0.15, -0.1) is 0 Å². The number of rotatable bonds is 6. The van der Waals surface area contributed by atoms with Crippen LogP contribution in [0.1, 0.15) is 26.2 Å². The molecule has 0 heterocycles. The zero-order chi connectivity index (χ0) is 9.07. The van der Waals surface area contributed by atoms with E-state index in [1.54, 1.807) is 6.08 Å². The number of aliphatic hydroxyl groups is 1. The fraction of sp³-hybridized carbons (Fsp3) is 0.455. The molecule has 0 radical (unpaired) electrons. The van der Waals surface area contributed by atoms with Crippen LogP contribution in [0.25, 0.3) is 0 Å². The van der Waals surface area contributed by atoms with Crippen LogP contribution in [0.3, 0.4) is 0 Å². The highest BCUT2D eigenvalue weighted by Crippen LogP contribution is 1.94. The largest absolute Gasteiger partial charge is 0.392 e. The summed E-state index contributed by atoms with van der Waals surface area (Å²) in [4.78, 5) is 0. The molecular weight excluding hydrogens is 148 g/mol. The molecule has 0 saturated heterocycles. The topological polar surface area (TPSA) is 20.2 Å². The second-order valence-electron chi connectivity index (χ2n) is 2.57. The lowest BCUT2D eigenvalue weighted by molar-refractivity contribution is 0.343. The molecule has 1 nitrogen and oxygen atoms in total. The van der Waals surface area contributed by atoms with Crippen LogP contribution in [0.15, 0.2) is 36.5 Å². The van der Waals surface area contributed by atoms with E-state index >= 15 is 0 Å². The summed E-state index contributed by atoms with van der Waals surface area (Å²) in [7, 11) is 0. The van der Waals surface area contributed by atoms with Crippen molar-refractivity contribution in [3.05, 3.63) is 36.5 Å². The van der Waals surface area contributed by atoms with Crippen LogP contribution in [0.5, 0.6) is 0 Å². The Kier molecular flexibility index (Phi) is 9.48. The van der Waals surface area contributed by atoms with E-state index in [0.29, 0.717) is 0 Å². The van der Waals surface area contributed by atoms with Crippen molar-refractivity contribution in [2.45, 2.75) is 26.2 Å². The first-order chi connectivity index (χ1) is 5.91. The van der Waals surface area contributed by atoms with Crippen molar-refractivity contribution < 1.29 is 5.11 Å². The van der Waals surface area contributed by atoms with Gasteiger partial charge in [0.1, 0.15) is 0 Å². The van der Waals surface area contributed by atoms with Crippen LogP contribution in [0.4, 0.5) is 0 Å². The number of allylic oxidation sites excluding steroid dienone is 5. The quantitative estimate of drug-likeness (QED) is 0.475. The first-order valence-corrected chi connectivity index (χ1v) is 4.51. The second-order valence-corrected chi connectivity index (χ2v) is 2.57. The Morgan fingerprint density at radius 2 is 1.67 bits per heavy atom.